The molecule has 0 radical (unpaired) electrons. The smallest absolute Gasteiger partial charge is 0.267 e. The molecule has 4 nitrogen and oxygen atoms in total. The summed E-state index contributed by atoms with van der Waals surface area (Å²) in [5.41, 5.74) is 4.12. The first-order chi connectivity index (χ1) is 9.16. The standard InChI is InChI=1S/C14H12FN3O/c1-10(11-5-7-16-8-6-11)17-18-14(19)12-3-2-4-13(15)9-12/h2-9H,1H3,(H,18,19)/b17-10-. The van der Waals surface area contributed by atoms with Crippen LogP contribution in [0.15, 0.2) is 53.9 Å². The SMILES string of the molecule is C/C(=N/NC(=O)c1cccc(F)c1)c1ccncc1. The molecule has 0 aliphatic heterocycles. The third-order valence-electron chi connectivity index (χ3n) is 2.51. The highest BCUT2D eigenvalue weighted by atomic mass is 19.1. The summed E-state index contributed by atoms with van der Waals surface area (Å²) in [6, 6.07) is 9.01. The van der Waals surface area contributed by atoms with E-state index in [1.165, 1.54) is 18.2 Å². The summed E-state index contributed by atoms with van der Waals surface area (Å²) in [6.45, 7) is 1.77. The minimum absolute atomic E-state index is 0.228. The van der Waals surface area contributed by atoms with Crippen molar-refractivity contribution in [1.82, 2.24) is 10.4 Å². The van der Waals surface area contributed by atoms with Gasteiger partial charge in [0.05, 0.1) is 5.71 Å². The maximum Gasteiger partial charge on any atom is 0.271 e. The first kappa shape index (κ1) is 12.9. The molecule has 0 spiro atoms. The van der Waals surface area contributed by atoms with Crippen molar-refractivity contribution in [1.29, 1.82) is 0 Å². The lowest BCUT2D eigenvalue weighted by atomic mass is 10.2. The molecule has 0 saturated heterocycles. The van der Waals surface area contributed by atoms with Crippen LogP contribution < -0.4 is 5.43 Å². The molecule has 19 heavy (non-hydrogen) atoms. The number of hydrogen-bond acceptors (Lipinski definition) is 3. The second kappa shape index (κ2) is 5.86. The van der Waals surface area contributed by atoms with Gasteiger partial charge in [-0.15, -0.1) is 0 Å². The molecule has 1 amide bonds. The minimum Gasteiger partial charge on any atom is -0.267 e. The highest BCUT2D eigenvalue weighted by molar-refractivity contribution is 6.00. The van der Waals surface area contributed by atoms with Crippen LogP contribution in [0.25, 0.3) is 0 Å². The van der Waals surface area contributed by atoms with Crippen molar-refractivity contribution in [2.24, 2.45) is 5.10 Å². The van der Waals surface area contributed by atoms with Gasteiger partial charge in [-0.2, -0.15) is 5.10 Å². The van der Waals surface area contributed by atoms with E-state index in [2.05, 4.69) is 15.5 Å². The molecule has 0 bridgehead atoms. The van der Waals surface area contributed by atoms with Gasteiger partial charge >= 0.3 is 0 Å². The number of hydrazone groups is 1. The maximum absolute atomic E-state index is 13.0. The molecule has 0 fully saturated rings. The molecule has 1 aromatic heterocycles. The van der Waals surface area contributed by atoms with Crippen LogP contribution in [0.1, 0.15) is 22.8 Å². The zero-order valence-electron chi connectivity index (χ0n) is 10.3. The molecule has 0 unspecified atom stereocenters. The monoisotopic (exact) mass is 257 g/mol. The topological polar surface area (TPSA) is 54.4 Å². The molecular formula is C14H12FN3O. The number of aromatic nitrogens is 1. The van der Waals surface area contributed by atoms with Crippen LogP contribution in [0.3, 0.4) is 0 Å². The quantitative estimate of drug-likeness (QED) is 0.678. The van der Waals surface area contributed by atoms with E-state index in [1.807, 2.05) is 0 Å². The number of carbonyl (C=O) groups is 1. The van der Waals surface area contributed by atoms with E-state index in [-0.39, 0.29) is 5.56 Å². The number of pyridine rings is 1. The van der Waals surface area contributed by atoms with E-state index in [0.717, 1.165) is 11.6 Å². The van der Waals surface area contributed by atoms with Gasteiger partial charge in [0.15, 0.2) is 0 Å². The molecule has 1 heterocycles. The minimum atomic E-state index is -0.456. The molecular weight excluding hydrogens is 245 g/mol. The van der Waals surface area contributed by atoms with Crippen molar-refractivity contribution in [2.45, 2.75) is 6.92 Å². The Balaban J connectivity index is 2.08. The molecule has 0 aliphatic carbocycles. The number of halogens is 1. The Bertz CT molecular complexity index is 611. The molecule has 2 rings (SSSR count). The first-order valence-electron chi connectivity index (χ1n) is 5.67. The first-order valence-corrected chi connectivity index (χ1v) is 5.67. The molecule has 0 saturated carbocycles. The predicted octanol–water partition coefficient (Wildman–Crippen LogP) is 2.37. The average molecular weight is 257 g/mol. The summed E-state index contributed by atoms with van der Waals surface area (Å²) in [7, 11) is 0. The van der Waals surface area contributed by atoms with E-state index in [9.17, 15) is 9.18 Å². The van der Waals surface area contributed by atoms with Crippen molar-refractivity contribution < 1.29 is 9.18 Å². The van der Waals surface area contributed by atoms with Crippen LogP contribution in [0.2, 0.25) is 0 Å². The largest absolute Gasteiger partial charge is 0.271 e. The van der Waals surface area contributed by atoms with Crippen LogP contribution in [0.5, 0.6) is 0 Å². The molecule has 1 N–H and O–H groups in total. The maximum atomic E-state index is 13.0. The third kappa shape index (κ3) is 3.45. The van der Waals surface area contributed by atoms with E-state index in [0.29, 0.717) is 5.71 Å². The van der Waals surface area contributed by atoms with Gasteiger partial charge in [0.2, 0.25) is 0 Å². The van der Waals surface area contributed by atoms with Crippen molar-refractivity contribution in [3.05, 3.63) is 65.7 Å². The van der Waals surface area contributed by atoms with Crippen molar-refractivity contribution in [3.8, 4) is 0 Å². The number of rotatable bonds is 3. The molecule has 96 valence electrons. The highest BCUT2D eigenvalue weighted by Crippen LogP contribution is 2.03. The Kier molecular flexibility index (Phi) is 3.97. The number of nitrogens with zero attached hydrogens (tertiary/aromatic N) is 2. The van der Waals surface area contributed by atoms with Crippen molar-refractivity contribution >= 4 is 11.6 Å². The molecule has 0 aliphatic rings. The molecule has 1 aromatic carbocycles. The normalized spacial score (nSPS) is 11.2. The van der Waals surface area contributed by atoms with Crippen LogP contribution in [-0.4, -0.2) is 16.6 Å². The van der Waals surface area contributed by atoms with Gasteiger partial charge in [-0.3, -0.25) is 9.78 Å². The lowest BCUT2D eigenvalue weighted by Gasteiger charge is -2.02. The number of hydrogen-bond donors (Lipinski definition) is 1. The van der Waals surface area contributed by atoms with E-state index in [4.69, 9.17) is 0 Å². The zero-order valence-corrected chi connectivity index (χ0v) is 10.3. The Labute approximate surface area is 110 Å². The van der Waals surface area contributed by atoms with Gasteiger partial charge in [0, 0.05) is 23.5 Å². The fourth-order valence-electron chi connectivity index (χ4n) is 1.49. The number of amides is 1. The second-order valence-corrected chi connectivity index (χ2v) is 3.88. The Hall–Kier alpha value is -2.56. The van der Waals surface area contributed by atoms with Gasteiger partial charge < -0.3 is 0 Å². The Morgan fingerprint density at radius 3 is 2.63 bits per heavy atom. The number of benzene rings is 1. The van der Waals surface area contributed by atoms with Gasteiger partial charge in [-0.05, 0) is 37.3 Å². The van der Waals surface area contributed by atoms with Gasteiger partial charge in [-0.25, -0.2) is 9.82 Å². The van der Waals surface area contributed by atoms with Crippen LogP contribution in [0, 0.1) is 5.82 Å². The van der Waals surface area contributed by atoms with Gasteiger partial charge in [0.1, 0.15) is 5.82 Å². The summed E-state index contributed by atoms with van der Waals surface area (Å²) < 4.78 is 13.0. The Morgan fingerprint density at radius 2 is 1.95 bits per heavy atom. The number of carbonyl (C=O) groups excluding carboxylic acids is 1. The Morgan fingerprint density at radius 1 is 1.21 bits per heavy atom. The highest BCUT2D eigenvalue weighted by Gasteiger charge is 2.05. The predicted molar refractivity (Wildman–Crippen MR) is 70.3 cm³/mol. The fraction of sp³-hybridized carbons (Fsp3) is 0.0714. The molecule has 0 atom stereocenters. The van der Waals surface area contributed by atoms with Gasteiger partial charge in [-0.1, -0.05) is 6.07 Å². The summed E-state index contributed by atoms with van der Waals surface area (Å²) in [5, 5.41) is 3.97. The average Bonchev–Trinajstić information content (AvgIpc) is 2.45. The second-order valence-electron chi connectivity index (χ2n) is 3.88. The van der Waals surface area contributed by atoms with Crippen molar-refractivity contribution in [3.63, 3.8) is 0 Å². The van der Waals surface area contributed by atoms with E-state index >= 15 is 0 Å². The zero-order chi connectivity index (χ0) is 13.7. The van der Waals surface area contributed by atoms with Crippen molar-refractivity contribution in [2.75, 3.05) is 0 Å². The lowest BCUT2D eigenvalue weighted by molar-refractivity contribution is 0.0954. The lowest BCUT2D eigenvalue weighted by Crippen LogP contribution is -2.19. The summed E-state index contributed by atoms with van der Waals surface area (Å²) in [4.78, 5) is 15.6. The van der Waals surface area contributed by atoms with E-state index < -0.39 is 11.7 Å². The molecule has 2 aromatic rings. The van der Waals surface area contributed by atoms with Crippen LogP contribution in [-0.2, 0) is 0 Å². The van der Waals surface area contributed by atoms with E-state index in [1.54, 1.807) is 31.5 Å². The van der Waals surface area contributed by atoms with Gasteiger partial charge in [0.25, 0.3) is 5.91 Å². The summed E-state index contributed by atoms with van der Waals surface area (Å²) in [6.07, 6.45) is 3.28. The molecule has 5 heteroatoms. The van der Waals surface area contributed by atoms with Crippen LogP contribution >= 0.6 is 0 Å². The summed E-state index contributed by atoms with van der Waals surface area (Å²) >= 11 is 0. The third-order valence-corrected chi connectivity index (χ3v) is 2.51. The number of nitrogens with one attached hydrogen (secondary N) is 1. The fourth-order valence-corrected chi connectivity index (χ4v) is 1.49. The van der Waals surface area contributed by atoms with Crippen LogP contribution in [0.4, 0.5) is 4.39 Å². The summed E-state index contributed by atoms with van der Waals surface area (Å²) in [5.74, 6) is -0.907.